The van der Waals surface area contributed by atoms with Crippen molar-refractivity contribution in [3.8, 4) is 0 Å². The van der Waals surface area contributed by atoms with E-state index in [-0.39, 0.29) is 29.5 Å². The summed E-state index contributed by atoms with van der Waals surface area (Å²) in [5.41, 5.74) is 7.84. The number of carbonyl (C=O) groups is 1. The molecule has 2 aliphatic heterocycles. The summed E-state index contributed by atoms with van der Waals surface area (Å²) in [5, 5.41) is 0. The minimum absolute atomic E-state index is 0.0299. The van der Waals surface area contributed by atoms with Gasteiger partial charge in [-0.05, 0) is 43.9 Å². The summed E-state index contributed by atoms with van der Waals surface area (Å²) in [6, 6.07) is 7.79. The Morgan fingerprint density at radius 1 is 1.23 bits per heavy atom. The van der Waals surface area contributed by atoms with Gasteiger partial charge in [0.1, 0.15) is 0 Å². The average molecular weight is 380 g/mol. The summed E-state index contributed by atoms with van der Waals surface area (Å²) in [7, 11) is -2.87. The first-order valence-corrected chi connectivity index (χ1v) is 11.3. The molecule has 2 unspecified atom stereocenters. The van der Waals surface area contributed by atoms with Crippen LogP contribution in [0.4, 0.5) is 0 Å². The Balaban J connectivity index is 1.69. The van der Waals surface area contributed by atoms with E-state index in [2.05, 4.69) is 4.90 Å². The third-order valence-electron chi connectivity index (χ3n) is 5.43. The number of hydrogen-bond acceptors (Lipinski definition) is 5. The lowest BCUT2D eigenvalue weighted by Gasteiger charge is -2.38. The summed E-state index contributed by atoms with van der Waals surface area (Å²) in [6.07, 6.45) is 3.11. The Bertz CT molecular complexity index is 734. The molecule has 144 valence electrons. The first-order valence-electron chi connectivity index (χ1n) is 9.44. The molecule has 2 heterocycles. The highest BCUT2D eigenvalue weighted by Crippen LogP contribution is 2.22. The molecule has 0 aromatic heterocycles. The van der Waals surface area contributed by atoms with Gasteiger partial charge in [-0.15, -0.1) is 0 Å². The number of piperidine rings is 1. The molecule has 0 spiro atoms. The van der Waals surface area contributed by atoms with Crippen LogP contribution in [0.15, 0.2) is 24.3 Å². The van der Waals surface area contributed by atoms with Crippen LogP contribution < -0.4 is 5.73 Å². The van der Waals surface area contributed by atoms with E-state index in [0.717, 1.165) is 31.4 Å². The van der Waals surface area contributed by atoms with Crippen LogP contribution in [-0.2, 0) is 16.4 Å². The van der Waals surface area contributed by atoms with Crippen molar-refractivity contribution in [3.05, 3.63) is 35.4 Å². The highest BCUT2D eigenvalue weighted by molar-refractivity contribution is 7.91. The van der Waals surface area contributed by atoms with Gasteiger partial charge < -0.3 is 10.6 Å². The van der Waals surface area contributed by atoms with Gasteiger partial charge in [-0.3, -0.25) is 9.69 Å². The van der Waals surface area contributed by atoms with Gasteiger partial charge in [-0.25, -0.2) is 8.42 Å². The minimum atomic E-state index is -2.87. The Morgan fingerprint density at radius 3 is 2.65 bits per heavy atom. The van der Waals surface area contributed by atoms with Crippen molar-refractivity contribution < 1.29 is 13.2 Å². The van der Waals surface area contributed by atoms with E-state index >= 15 is 0 Å². The second-order valence-electron chi connectivity index (χ2n) is 7.55. The quantitative estimate of drug-likeness (QED) is 0.851. The molecule has 6 nitrogen and oxygen atoms in total. The SMILES string of the molecule is CC(N)C1CCCCN1C(=O)c1cccc(CN2CCS(=O)(=O)CC2)c1. The zero-order valence-corrected chi connectivity index (χ0v) is 16.2. The van der Waals surface area contributed by atoms with Gasteiger partial charge in [0.05, 0.1) is 11.5 Å². The van der Waals surface area contributed by atoms with Crippen molar-refractivity contribution >= 4 is 15.7 Å². The minimum Gasteiger partial charge on any atom is -0.334 e. The maximum atomic E-state index is 13.0. The average Bonchev–Trinajstić information content (AvgIpc) is 2.63. The predicted octanol–water partition coefficient (Wildman–Crippen LogP) is 1.26. The molecule has 0 saturated carbocycles. The van der Waals surface area contributed by atoms with Crippen molar-refractivity contribution in [2.75, 3.05) is 31.1 Å². The molecule has 0 radical (unpaired) electrons. The Labute approximate surface area is 156 Å². The Kier molecular flexibility index (Phi) is 5.99. The third kappa shape index (κ3) is 4.64. The maximum Gasteiger partial charge on any atom is 0.254 e. The van der Waals surface area contributed by atoms with Crippen LogP contribution in [0, 0.1) is 0 Å². The van der Waals surface area contributed by atoms with Crippen LogP contribution in [0.1, 0.15) is 42.1 Å². The number of hydrogen-bond donors (Lipinski definition) is 1. The molecule has 1 amide bonds. The number of nitrogens with two attached hydrogens (primary N) is 1. The number of likely N-dealkylation sites (tertiary alicyclic amines) is 1. The van der Waals surface area contributed by atoms with Crippen LogP contribution in [0.3, 0.4) is 0 Å². The lowest BCUT2D eigenvalue weighted by Crippen LogP contribution is -2.51. The molecule has 3 rings (SSSR count). The predicted molar refractivity (Wildman–Crippen MR) is 103 cm³/mol. The fourth-order valence-corrected chi connectivity index (χ4v) is 5.17. The molecule has 1 aromatic rings. The number of carbonyl (C=O) groups excluding carboxylic acids is 1. The molecule has 2 N–H and O–H groups in total. The van der Waals surface area contributed by atoms with Crippen LogP contribution in [0.5, 0.6) is 0 Å². The van der Waals surface area contributed by atoms with E-state index in [1.165, 1.54) is 0 Å². The normalized spacial score (nSPS) is 25.0. The number of rotatable bonds is 4. The molecule has 7 heteroatoms. The van der Waals surface area contributed by atoms with Crippen molar-refractivity contribution in [3.63, 3.8) is 0 Å². The summed E-state index contributed by atoms with van der Waals surface area (Å²) in [6.45, 7) is 4.52. The van der Waals surface area contributed by atoms with Crippen molar-refractivity contribution in [1.29, 1.82) is 0 Å². The van der Waals surface area contributed by atoms with Crippen LogP contribution in [0.2, 0.25) is 0 Å². The van der Waals surface area contributed by atoms with E-state index in [9.17, 15) is 13.2 Å². The molecule has 2 saturated heterocycles. The van der Waals surface area contributed by atoms with Crippen molar-refractivity contribution in [2.45, 2.75) is 44.8 Å². The molecule has 2 atom stereocenters. The zero-order chi connectivity index (χ0) is 18.7. The fraction of sp³-hybridized carbons (Fsp3) is 0.632. The Morgan fingerprint density at radius 2 is 1.96 bits per heavy atom. The third-order valence-corrected chi connectivity index (χ3v) is 7.04. The van der Waals surface area contributed by atoms with Crippen LogP contribution in [0.25, 0.3) is 0 Å². The van der Waals surface area contributed by atoms with Gasteiger partial charge in [-0.2, -0.15) is 0 Å². The highest BCUT2D eigenvalue weighted by Gasteiger charge is 2.30. The van der Waals surface area contributed by atoms with E-state index in [0.29, 0.717) is 25.2 Å². The van der Waals surface area contributed by atoms with E-state index < -0.39 is 9.84 Å². The van der Waals surface area contributed by atoms with Gasteiger partial charge in [0.2, 0.25) is 0 Å². The summed E-state index contributed by atoms with van der Waals surface area (Å²) in [4.78, 5) is 17.1. The van der Waals surface area contributed by atoms with E-state index in [1.807, 2.05) is 36.1 Å². The lowest BCUT2D eigenvalue weighted by molar-refractivity contribution is 0.0583. The number of benzene rings is 1. The smallest absolute Gasteiger partial charge is 0.254 e. The molecule has 1 aromatic carbocycles. The second kappa shape index (κ2) is 8.06. The van der Waals surface area contributed by atoms with Crippen molar-refractivity contribution in [2.24, 2.45) is 5.73 Å². The first-order chi connectivity index (χ1) is 12.4. The molecule has 2 fully saturated rings. The van der Waals surface area contributed by atoms with Gasteiger partial charge in [0, 0.05) is 43.8 Å². The number of sulfone groups is 1. The van der Waals surface area contributed by atoms with E-state index in [1.54, 1.807) is 0 Å². The largest absolute Gasteiger partial charge is 0.334 e. The van der Waals surface area contributed by atoms with Crippen molar-refractivity contribution in [1.82, 2.24) is 9.80 Å². The molecular weight excluding hydrogens is 350 g/mol. The highest BCUT2D eigenvalue weighted by atomic mass is 32.2. The van der Waals surface area contributed by atoms with Crippen LogP contribution >= 0.6 is 0 Å². The topological polar surface area (TPSA) is 83.7 Å². The second-order valence-corrected chi connectivity index (χ2v) is 9.85. The summed E-state index contributed by atoms with van der Waals surface area (Å²) >= 11 is 0. The van der Waals surface area contributed by atoms with Gasteiger partial charge in [0.25, 0.3) is 5.91 Å². The monoisotopic (exact) mass is 379 g/mol. The van der Waals surface area contributed by atoms with Gasteiger partial charge in [0.15, 0.2) is 9.84 Å². The number of amides is 1. The maximum absolute atomic E-state index is 13.0. The van der Waals surface area contributed by atoms with E-state index in [4.69, 9.17) is 5.73 Å². The number of nitrogens with zero attached hydrogens (tertiary/aromatic N) is 2. The molecule has 2 aliphatic rings. The Hall–Kier alpha value is -1.44. The lowest BCUT2D eigenvalue weighted by atomic mass is 9.95. The zero-order valence-electron chi connectivity index (χ0n) is 15.4. The fourth-order valence-electron chi connectivity index (χ4n) is 3.89. The molecular formula is C19H29N3O3S. The summed E-state index contributed by atoms with van der Waals surface area (Å²) in [5.74, 6) is 0.486. The first kappa shape index (κ1) is 19.3. The van der Waals surface area contributed by atoms with Crippen LogP contribution in [-0.4, -0.2) is 67.3 Å². The molecule has 0 aliphatic carbocycles. The molecule has 26 heavy (non-hydrogen) atoms. The van der Waals surface area contributed by atoms with Gasteiger partial charge in [-0.1, -0.05) is 12.1 Å². The molecule has 0 bridgehead atoms. The standard InChI is InChI=1S/C19H29N3O3S/c1-15(20)18-7-2-3-8-22(18)19(23)17-6-4-5-16(13-17)14-21-9-11-26(24,25)12-10-21/h4-6,13,15,18H,2-3,7-12,14,20H2,1H3. The summed E-state index contributed by atoms with van der Waals surface area (Å²) < 4.78 is 23.1. The van der Waals surface area contributed by atoms with Gasteiger partial charge >= 0.3 is 0 Å².